The van der Waals surface area contributed by atoms with Crippen LogP contribution in [0.25, 0.3) is 0 Å². The molecule has 2 rings (SSSR count). The van der Waals surface area contributed by atoms with Crippen LogP contribution in [-0.2, 0) is 9.53 Å². The number of hydrogen-bond acceptors (Lipinski definition) is 5. The van der Waals surface area contributed by atoms with Crippen molar-refractivity contribution in [1.82, 2.24) is 4.98 Å². The highest BCUT2D eigenvalue weighted by molar-refractivity contribution is 5.67. The van der Waals surface area contributed by atoms with Crippen LogP contribution in [-0.4, -0.2) is 48.9 Å². The predicted octanol–water partition coefficient (Wildman–Crippen LogP) is 0.805. The van der Waals surface area contributed by atoms with Crippen LogP contribution in [0.15, 0.2) is 18.3 Å². The number of carbonyl (C=O) groups is 1. The minimum Gasteiger partial charge on any atom is -0.481 e. The third-order valence-electron chi connectivity index (χ3n) is 2.75. The van der Waals surface area contributed by atoms with Crippen molar-refractivity contribution in [2.24, 2.45) is 0 Å². The van der Waals surface area contributed by atoms with Gasteiger partial charge in [-0.1, -0.05) is 0 Å². The fourth-order valence-corrected chi connectivity index (χ4v) is 1.78. The van der Waals surface area contributed by atoms with Gasteiger partial charge in [-0.05, 0) is 12.1 Å². The van der Waals surface area contributed by atoms with Gasteiger partial charge in [-0.15, -0.1) is 0 Å². The number of nitrogens with one attached hydrogen (secondary N) is 1. The summed E-state index contributed by atoms with van der Waals surface area (Å²) in [4.78, 5) is 16.9. The highest BCUT2D eigenvalue weighted by Crippen LogP contribution is 2.15. The van der Waals surface area contributed by atoms with Gasteiger partial charge in [0.05, 0.1) is 31.5 Å². The maximum absolute atomic E-state index is 10.4. The van der Waals surface area contributed by atoms with Crippen molar-refractivity contribution in [2.45, 2.75) is 6.42 Å². The van der Waals surface area contributed by atoms with Crippen molar-refractivity contribution in [3.63, 3.8) is 0 Å². The molecule has 0 spiro atoms. The van der Waals surface area contributed by atoms with E-state index in [1.54, 1.807) is 6.20 Å². The molecular formula is C12H17N3O3. The fraction of sp³-hybridized carbons (Fsp3) is 0.500. The molecule has 1 aromatic heterocycles. The molecule has 0 atom stereocenters. The van der Waals surface area contributed by atoms with Crippen molar-refractivity contribution in [1.29, 1.82) is 0 Å². The summed E-state index contributed by atoms with van der Waals surface area (Å²) in [5, 5.41) is 11.6. The maximum Gasteiger partial charge on any atom is 0.305 e. The Kier molecular flexibility index (Phi) is 4.35. The Morgan fingerprint density at radius 3 is 2.83 bits per heavy atom. The van der Waals surface area contributed by atoms with E-state index in [4.69, 9.17) is 9.84 Å². The van der Waals surface area contributed by atoms with Gasteiger partial charge in [0.1, 0.15) is 5.82 Å². The largest absolute Gasteiger partial charge is 0.481 e. The van der Waals surface area contributed by atoms with E-state index < -0.39 is 5.97 Å². The van der Waals surface area contributed by atoms with Crippen LogP contribution in [0, 0.1) is 0 Å². The third kappa shape index (κ3) is 3.59. The molecule has 6 nitrogen and oxygen atoms in total. The van der Waals surface area contributed by atoms with Crippen molar-refractivity contribution in [3.05, 3.63) is 18.3 Å². The molecule has 0 aliphatic carbocycles. The van der Waals surface area contributed by atoms with Gasteiger partial charge in [0, 0.05) is 19.6 Å². The number of hydrogen-bond donors (Lipinski definition) is 2. The lowest BCUT2D eigenvalue weighted by atomic mass is 10.3. The van der Waals surface area contributed by atoms with Gasteiger partial charge in [-0.2, -0.15) is 0 Å². The van der Waals surface area contributed by atoms with Gasteiger partial charge in [-0.3, -0.25) is 4.79 Å². The molecule has 0 unspecified atom stereocenters. The Morgan fingerprint density at radius 2 is 2.22 bits per heavy atom. The molecule has 1 aliphatic rings. The maximum atomic E-state index is 10.4. The third-order valence-corrected chi connectivity index (χ3v) is 2.75. The number of aromatic nitrogens is 1. The minimum absolute atomic E-state index is 0.102. The molecule has 0 amide bonds. The van der Waals surface area contributed by atoms with Crippen LogP contribution in [0.4, 0.5) is 11.5 Å². The van der Waals surface area contributed by atoms with E-state index >= 15 is 0 Å². The average molecular weight is 251 g/mol. The number of nitrogens with zero attached hydrogens (tertiary/aromatic N) is 2. The number of morpholine rings is 1. The molecule has 1 saturated heterocycles. The van der Waals surface area contributed by atoms with Gasteiger partial charge < -0.3 is 20.1 Å². The molecule has 2 N–H and O–H groups in total. The van der Waals surface area contributed by atoms with Crippen molar-refractivity contribution in [2.75, 3.05) is 43.1 Å². The number of rotatable bonds is 5. The van der Waals surface area contributed by atoms with Gasteiger partial charge in [0.25, 0.3) is 0 Å². The number of pyridine rings is 1. The molecule has 1 aromatic rings. The van der Waals surface area contributed by atoms with E-state index in [9.17, 15) is 4.79 Å². The Hall–Kier alpha value is -1.82. The van der Waals surface area contributed by atoms with Crippen LogP contribution in [0.1, 0.15) is 6.42 Å². The van der Waals surface area contributed by atoms with Crippen LogP contribution >= 0.6 is 0 Å². The number of carboxylic acid groups (broad SMARTS) is 1. The topological polar surface area (TPSA) is 74.7 Å². The van der Waals surface area contributed by atoms with E-state index in [0.29, 0.717) is 6.54 Å². The Balaban J connectivity index is 1.86. The normalized spacial score (nSPS) is 15.4. The molecule has 98 valence electrons. The molecule has 0 bridgehead atoms. The molecule has 6 heteroatoms. The van der Waals surface area contributed by atoms with Crippen LogP contribution < -0.4 is 10.2 Å². The van der Waals surface area contributed by atoms with E-state index in [1.165, 1.54) is 0 Å². The van der Waals surface area contributed by atoms with Gasteiger partial charge in [0.2, 0.25) is 0 Å². The van der Waals surface area contributed by atoms with E-state index in [1.807, 2.05) is 12.1 Å². The quantitative estimate of drug-likeness (QED) is 0.806. The second-order valence-corrected chi connectivity index (χ2v) is 4.08. The molecule has 1 fully saturated rings. The fourth-order valence-electron chi connectivity index (χ4n) is 1.78. The zero-order valence-electron chi connectivity index (χ0n) is 10.1. The summed E-state index contributed by atoms with van der Waals surface area (Å²) in [7, 11) is 0. The molecule has 0 aromatic carbocycles. The van der Waals surface area contributed by atoms with E-state index in [-0.39, 0.29) is 6.42 Å². The van der Waals surface area contributed by atoms with E-state index in [2.05, 4.69) is 15.2 Å². The number of anilines is 2. The molecule has 0 radical (unpaired) electrons. The molecule has 0 saturated carbocycles. The Bertz CT molecular complexity index is 388. The van der Waals surface area contributed by atoms with E-state index in [0.717, 1.165) is 37.8 Å². The first-order chi connectivity index (χ1) is 8.75. The van der Waals surface area contributed by atoms with Crippen LogP contribution in [0.3, 0.4) is 0 Å². The SMILES string of the molecule is O=C(O)CCNc1ccc(N2CCOCC2)nc1. The summed E-state index contributed by atoms with van der Waals surface area (Å²) in [6.45, 7) is 3.60. The summed E-state index contributed by atoms with van der Waals surface area (Å²) < 4.78 is 5.28. The lowest BCUT2D eigenvalue weighted by molar-refractivity contribution is -0.136. The Morgan fingerprint density at radius 1 is 1.44 bits per heavy atom. The molecule has 2 heterocycles. The molecular weight excluding hydrogens is 234 g/mol. The van der Waals surface area contributed by atoms with Crippen molar-refractivity contribution in [3.8, 4) is 0 Å². The zero-order valence-corrected chi connectivity index (χ0v) is 10.1. The van der Waals surface area contributed by atoms with Gasteiger partial charge >= 0.3 is 5.97 Å². The highest BCUT2D eigenvalue weighted by atomic mass is 16.5. The number of aliphatic carboxylic acids is 1. The highest BCUT2D eigenvalue weighted by Gasteiger charge is 2.11. The zero-order chi connectivity index (χ0) is 12.8. The second kappa shape index (κ2) is 6.20. The lowest BCUT2D eigenvalue weighted by Crippen LogP contribution is -2.36. The van der Waals surface area contributed by atoms with Crippen LogP contribution in [0.5, 0.6) is 0 Å². The first-order valence-corrected chi connectivity index (χ1v) is 6.00. The summed E-state index contributed by atoms with van der Waals surface area (Å²) in [5.41, 5.74) is 0.841. The number of carboxylic acids is 1. The summed E-state index contributed by atoms with van der Waals surface area (Å²) >= 11 is 0. The average Bonchev–Trinajstić information content (AvgIpc) is 2.40. The predicted molar refractivity (Wildman–Crippen MR) is 68.0 cm³/mol. The lowest BCUT2D eigenvalue weighted by Gasteiger charge is -2.27. The second-order valence-electron chi connectivity index (χ2n) is 4.08. The summed E-state index contributed by atoms with van der Waals surface area (Å²) in [6.07, 6.45) is 1.83. The minimum atomic E-state index is -0.805. The Labute approximate surface area is 106 Å². The van der Waals surface area contributed by atoms with Gasteiger partial charge in [-0.25, -0.2) is 4.98 Å². The number of ether oxygens (including phenoxy) is 1. The molecule has 1 aliphatic heterocycles. The smallest absolute Gasteiger partial charge is 0.305 e. The monoisotopic (exact) mass is 251 g/mol. The van der Waals surface area contributed by atoms with Crippen molar-refractivity contribution >= 4 is 17.5 Å². The standard InChI is InChI=1S/C12H17N3O3/c16-12(17)3-4-13-10-1-2-11(14-9-10)15-5-7-18-8-6-15/h1-2,9,13H,3-8H2,(H,16,17). The summed E-state index contributed by atoms with van der Waals surface area (Å²) in [6, 6.07) is 3.86. The first-order valence-electron chi connectivity index (χ1n) is 6.00. The summed E-state index contributed by atoms with van der Waals surface area (Å²) in [5.74, 6) is 0.127. The first kappa shape index (κ1) is 12.6. The van der Waals surface area contributed by atoms with Crippen molar-refractivity contribution < 1.29 is 14.6 Å². The van der Waals surface area contributed by atoms with Gasteiger partial charge in [0.15, 0.2) is 0 Å². The molecule has 18 heavy (non-hydrogen) atoms. The van der Waals surface area contributed by atoms with Crippen LogP contribution in [0.2, 0.25) is 0 Å².